The van der Waals surface area contributed by atoms with Crippen LogP contribution in [0.5, 0.6) is 0 Å². The van der Waals surface area contributed by atoms with Gasteiger partial charge in [-0.05, 0) is 18.9 Å². The van der Waals surface area contributed by atoms with Crippen molar-refractivity contribution in [1.29, 1.82) is 0 Å². The number of hydrogen-bond acceptors (Lipinski definition) is 5. The first-order chi connectivity index (χ1) is 8.94. The van der Waals surface area contributed by atoms with Crippen LogP contribution in [0.25, 0.3) is 0 Å². The van der Waals surface area contributed by atoms with Crippen molar-refractivity contribution in [2.75, 3.05) is 38.1 Å². The Morgan fingerprint density at radius 3 is 2.53 bits per heavy atom. The monoisotopic (exact) mass is 279 g/mol. The minimum Gasteiger partial charge on any atom is -0.346 e. The average molecular weight is 279 g/mol. The van der Waals surface area contributed by atoms with Crippen LogP contribution in [0.2, 0.25) is 0 Å². The number of thiazole rings is 1. The van der Waals surface area contributed by atoms with E-state index in [1.54, 1.807) is 11.3 Å². The highest BCUT2D eigenvalue weighted by atomic mass is 32.1. The van der Waals surface area contributed by atoms with Crippen molar-refractivity contribution in [3.8, 4) is 0 Å². The summed E-state index contributed by atoms with van der Waals surface area (Å²) in [5, 5.41) is 1.05. The van der Waals surface area contributed by atoms with E-state index in [1.807, 2.05) is 0 Å². The molecule has 0 N–H and O–H groups in total. The molecule has 1 aromatic rings. The van der Waals surface area contributed by atoms with Crippen LogP contribution in [0.4, 0.5) is 5.13 Å². The number of ketones is 1. The standard InChI is InChI=1S/C14H21N3OS/c1-14(2)8-10-12(11(18)9-14)19-13(15-10)17-6-4-16(3)5-7-17/h4-9H2,1-3H3. The normalized spacial score (nSPS) is 23.5. The van der Waals surface area contributed by atoms with Crippen molar-refractivity contribution >= 4 is 22.3 Å². The summed E-state index contributed by atoms with van der Waals surface area (Å²) in [5.74, 6) is 0.282. The van der Waals surface area contributed by atoms with E-state index in [4.69, 9.17) is 4.98 Å². The topological polar surface area (TPSA) is 36.4 Å². The van der Waals surface area contributed by atoms with Crippen molar-refractivity contribution in [3.63, 3.8) is 0 Å². The molecule has 19 heavy (non-hydrogen) atoms. The fourth-order valence-electron chi connectivity index (χ4n) is 2.84. The van der Waals surface area contributed by atoms with E-state index in [0.29, 0.717) is 6.42 Å². The van der Waals surface area contributed by atoms with Crippen molar-refractivity contribution in [2.45, 2.75) is 26.7 Å². The smallest absolute Gasteiger partial charge is 0.186 e. The van der Waals surface area contributed by atoms with E-state index in [-0.39, 0.29) is 11.2 Å². The molecule has 3 rings (SSSR count). The van der Waals surface area contributed by atoms with Gasteiger partial charge in [-0.3, -0.25) is 4.79 Å². The lowest BCUT2D eigenvalue weighted by molar-refractivity contribution is 0.0916. The molecule has 0 spiro atoms. The summed E-state index contributed by atoms with van der Waals surface area (Å²) in [5.41, 5.74) is 1.09. The SMILES string of the molecule is CN1CCN(c2nc3c(s2)C(=O)CC(C)(C)C3)CC1. The number of aromatic nitrogens is 1. The van der Waals surface area contributed by atoms with E-state index in [1.165, 1.54) is 0 Å². The van der Waals surface area contributed by atoms with Crippen LogP contribution in [-0.2, 0) is 6.42 Å². The zero-order valence-corrected chi connectivity index (χ0v) is 12.7. The van der Waals surface area contributed by atoms with E-state index >= 15 is 0 Å². The molecule has 1 aliphatic carbocycles. The third kappa shape index (κ3) is 2.54. The molecule has 0 unspecified atom stereocenters. The Labute approximate surface area is 118 Å². The molecule has 1 fully saturated rings. The first-order valence-corrected chi connectivity index (χ1v) is 7.73. The van der Waals surface area contributed by atoms with Gasteiger partial charge in [0.15, 0.2) is 10.9 Å². The summed E-state index contributed by atoms with van der Waals surface area (Å²) in [6.45, 7) is 8.49. The highest BCUT2D eigenvalue weighted by molar-refractivity contribution is 7.17. The number of nitrogens with zero attached hydrogens (tertiary/aromatic N) is 3. The van der Waals surface area contributed by atoms with Crippen molar-refractivity contribution in [3.05, 3.63) is 10.6 Å². The largest absolute Gasteiger partial charge is 0.346 e. The predicted octanol–water partition coefficient (Wildman–Crippen LogP) is 2.05. The van der Waals surface area contributed by atoms with Gasteiger partial charge in [-0.2, -0.15) is 0 Å². The molecular weight excluding hydrogens is 258 g/mol. The average Bonchev–Trinajstić information content (AvgIpc) is 2.72. The summed E-state index contributed by atoms with van der Waals surface area (Å²) in [7, 11) is 2.15. The molecule has 0 radical (unpaired) electrons. The fraction of sp³-hybridized carbons (Fsp3) is 0.714. The van der Waals surface area contributed by atoms with Crippen LogP contribution in [-0.4, -0.2) is 48.9 Å². The van der Waals surface area contributed by atoms with E-state index in [0.717, 1.165) is 48.3 Å². The van der Waals surface area contributed by atoms with E-state index < -0.39 is 0 Å². The minimum atomic E-state index is 0.0670. The van der Waals surface area contributed by atoms with Gasteiger partial charge in [0, 0.05) is 32.6 Å². The van der Waals surface area contributed by atoms with E-state index in [2.05, 4.69) is 30.7 Å². The number of anilines is 1. The van der Waals surface area contributed by atoms with Gasteiger partial charge in [0.1, 0.15) is 0 Å². The highest BCUT2D eigenvalue weighted by Crippen LogP contribution is 2.39. The molecule has 1 aliphatic heterocycles. The summed E-state index contributed by atoms with van der Waals surface area (Å²) < 4.78 is 0. The third-order valence-corrected chi connectivity index (χ3v) is 5.20. The Morgan fingerprint density at radius 2 is 1.84 bits per heavy atom. The minimum absolute atomic E-state index is 0.0670. The Hall–Kier alpha value is -0.940. The second kappa shape index (κ2) is 4.56. The molecule has 5 heteroatoms. The molecule has 1 saturated heterocycles. The van der Waals surface area contributed by atoms with Crippen LogP contribution in [0, 0.1) is 5.41 Å². The summed E-state index contributed by atoms with van der Waals surface area (Å²) in [6, 6.07) is 0. The molecule has 0 saturated carbocycles. The van der Waals surface area contributed by atoms with Gasteiger partial charge in [0.05, 0.1) is 10.6 Å². The molecule has 0 atom stereocenters. The maximum Gasteiger partial charge on any atom is 0.186 e. The lowest BCUT2D eigenvalue weighted by Crippen LogP contribution is -2.44. The van der Waals surface area contributed by atoms with Crippen molar-refractivity contribution < 1.29 is 4.79 Å². The summed E-state index contributed by atoms with van der Waals surface area (Å²) >= 11 is 1.60. The second-order valence-corrected chi connectivity index (χ2v) is 7.48. The number of rotatable bonds is 1. The lowest BCUT2D eigenvalue weighted by Gasteiger charge is -2.32. The van der Waals surface area contributed by atoms with Gasteiger partial charge >= 0.3 is 0 Å². The second-order valence-electron chi connectivity index (χ2n) is 6.50. The lowest BCUT2D eigenvalue weighted by atomic mass is 9.78. The molecule has 2 aliphatic rings. The van der Waals surface area contributed by atoms with Gasteiger partial charge in [-0.1, -0.05) is 25.2 Å². The Morgan fingerprint density at radius 1 is 1.16 bits per heavy atom. The Kier molecular flexibility index (Phi) is 3.14. The molecule has 0 bridgehead atoms. The predicted molar refractivity (Wildman–Crippen MR) is 78.3 cm³/mol. The highest BCUT2D eigenvalue weighted by Gasteiger charge is 2.34. The Balaban J connectivity index is 1.85. The number of hydrogen-bond donors (Lipinski definition) is 0. The zero-order chi connectivity index (χ0) is 13.6. The number of piperazine rings is 1. The third-order valence-electron chi connectivity index (χ3n) is 4.00. The van der Waals surface area contributed by atoms with Gasteiger partial charge in [-0.15, -0.1) is 0 Å². The number of carbonyl (C=O) groups excluding carboxylic acids is 1. The quantitative estimate of drug-likeness (QED) is 0.788. The molecule has 4 nitrogen and oxygen atoms in total. The molecule has 1 aromatic heterocycles. The first-order valence-electron chi connectivity index (χ1n) is 6.91. The van der Waals surface area contributed by atoms with Gasteiger partial charge < -0.3 is 9.80 Å². The van der Waals surface area contributed by atoms with Crippen LogP contribution in [0.1, 0.15) is 35.6 Å². The number of likely N-dealkylation sites (N-methyl/N-ethyl adjacent to an activating group) is 1. The van der Waals surface area contributed by atoms with Gasteiger partial charge in [-0.25, -0.2) is 4.98 Å². The number of fused-ring (bicyclic) bond motifs is 1. The number of carbonyl (C=O) groups is 1. The van der Waals surface area contributed by atoms with Gasteiger partial charge in [0.2, 0.25) is 0 Å². The molecule has 2 heterocycles. The zero-order valence-electron chi connectivity index (χ0n) is 11.9. The van der Waals surface area contributed by atoms with Crippen LogP contribution >= 0.6 is 11.3 Å². The first kappa shape index (κ1) is 13.1. The Bertz CT molecular complexity index is 501. The maximum absolute atomic E-state index is 12.2. The maximum atomic E-state index is 12.2. The van der Waals surface area contributed by atoms with Crippen molar-refractivity contribution in [1.82, 2.24) is 9.88 Å². The van der Waals surface area contributed by atoms with Crippen LogP contribution < -0.4 is 4.90 Å². The van der Waals surface area contributed by atoms with Crippen molar-refractivity contribution in [2.24, 2.45) is 5.41 Å². The van der Waals surface area contributed by atoms with E-state index in [9.17, 15) is 4.79 Å². The summed E-state index contributed by atoms with van der Waals surface area (Å²) in [4.78, 5) is 22.5. The molecule has 0 aromatic carbocycles. The molecule has 0 amide bonds. The molecular formula is C14H21N3OS. The summed E-state index contributed by atoms with van der Waals surface area (Å²) in [6.07, 6.45) is 1.59. The fourth-order valence-corrected chi connectivity index (χ4v) is 3.91. The number of Topliss-reactive ketones (excluding diaryl/α,β-unsaturated/α-hetero) is 1. The van der Waals surface area contributed by atoms with Crippen LogP contribution in [0.3, 0.4) is 0 Å². The van der Waals surface area contributed by atoms with Gasteiger partial charge in [0.25, 0.3) is 0 Å². The molecule has 104 valence electrons. The van der Waals surface area contributed by atoms with Crippen LogP contribution in [0.15, 0.2) is 0 Å².